The van der Waals surface area contributed by atoms with Crippen LogP contribution in [0.25, 0.3) is 0 Å². The Morgan fingerprint density at radius 2 is 1.30 bits per heavy atom. The lowest BCUT2D eigenvalue weighted by molar-refractivity contribution is -0.287. The number of carbonyl (C=O) groups excluding carboxylic acids is 5. The zero-order chi connectivity index (χ0) is 19.3. The van der Waals surface area contributed by atoms with Gasteiger partial charge in [0.2, 0.25) is 0 Å². The van der Waals surface area contributed by atoms with E-state index in [1.807, 2.05) is 0 Å². The van der Waals surface area contributed by atoms with E-state index in [2.05, 4.69) is 19.6 Å². The van der Waals surface area contributed by atoms with Crippen LogP contribution in [0, 0.1) is 0 Å². The highest BCUT2D eigenvalue weighted by molar-refractivity contribution is 5.91. The minimum atomic E-state index is -2.99. The van der Waals surface area contributed by atoms with Gasteiger partial charge in [0.1, 0.15) is 6.29 Å². The van der Waals surface area contributed by atoms with Gasteiger partial charge >= 0.3 is 29.8 Å². The van der Waals surface area contributed by atoms with E-state index in [9.17, 15) is 39.0 Å². The van der Waals surface area contributed by atoms with E-state index in [1.165, 1.54) is 0 Å². The van der Waals surface area contributed by atoms with Crippen molar-refractivity contribution >= 4 is 36.1 Å². The van der Waals surface area contributed by atoms with Crippen LogP contribution in [0.3, 0.4) is 0 Å². The van der Waals surface area contributed by atoms with E-state index in [0.29, 0.717) is 0 Å². The number of aliphatic hydroxyl groups is 2. The molecule has 2 atom stereocenters. The summed E-state index contributed by atoms with van der Waals surface area (Å²) in [4.78, 5) is 83.3. The fourth-order valence-electron chi connectivity index (χ4n) is 1.68. The van der Waals surface area contributed by atoms with E-state index < -0.39 is 66.7 Å². The van der Waals surface area contributed by atoms with Crippen LogP contribution in [0.5, 0.6) is 0 Å². The summed E-state index contributed by atoms with van der Waals surface area (Å²) in [7, 11) is 0. The maximum absolute atomic E-state index is 11.7. The molecule has 1 saturated heterocycles. The quantitative estimate of drug-likeness (QED) is 0.298. The molecule has 0 aromatic heterocycles. The first kappa shape index (κ1) is 26.1. The fourth-order valence-corrected chi connectivity index (χ4v) is 1.68. The molecule has 1 aliphatic rings. The smallest absolute Gasteiger partial charge is 0.387 e. The van der Waals surface area contributed by atoms with Crippen LogP contribution in [0.4, 0.5) is 0 Å². The molecule has 0 amide bonds. The van der Waals surface area contributed by atoms with Crippen molar-refractivity contribution in [2.45, 2.75) is 36.9 Å². The van der Waals surface area contributed by atoms with Crippen molar-refractivity contribution in [3.8, 4) is 0 Å². The number of hydrogen-bond acceptors (Lipinski definition) is 12. The van der Waals surface area contributed by atoms with Crippen molar-refractivity contribution in [1.82, 2.24) is 0 Å². The number of aliphatic carboxylic acids is 1. The Hall–Kier alpha value is -3.14. The van der Waals surface area contributed by atoms with Crippen LogP contribution in [0.15, 0.2) is 0 Å². The molecule has 154 valence electrons. The third-order valence-corrected chi connectivity index (χ3v) is 2.92. The van der Waals surface area contributed by atoms with Crippen molar-refractivity contribution < 1.29 is 74.6 Å². The van der Waals surface area contributed by atoms with Gasteiger partial charge in [-0.05, 0) is 0 Å². The summed E-state index contributed by atoms with van der Waals surface area (Å²) in [5, 5.41) is 28.5. The Morgan fingerprint density at radius 3 is 1.70 bits per heavy atom. The van der Waals surface area contributed by atoms with Crippen LogP contribution < -0.4 is 0 Å². The SMILES string of the molecule is O.O.O=CCC1(O)CC(=O)OOC(=O)C(O)(CC(=O)O)CC(=O)OOC1=O. The van der Waals surface area contributed by atoms with Gasteiger partial charge in [0.15, 0.2) is 11.2 Å². The highest BCUT2D eigenvalue weighted by Crippen LogP contribution is 2.23. The van der Waals surface area contributed by atoms with Gasteiger partial charge in [-0.3, -0.25) is 4.79 Å². The zero-order valence-corrected chi connectivity index (χ0v) is 13.3. The molecule has 27 heavy (non-hydrogen) atoms. The second-order valence-electron chi connectivity index (χ2n) is 5.01. The zero-order valence-electron chi connectivity index (χ0n) is 13.3. The Morgan fingerprint density at radius 1 is 0.889 bits per heavy atom. The van der Waals surface area contributed by atoms with Gasteiger partial charge in [0.25, 0.3) is 0 Å². The molecule has 15 nitrogen and oxygen atoms in total. The first-order chi connectivity index (χ1) is 11.5. The maximum atomic E-state index is 11.7. The third-order valence-electron chi connectivity index (χ3n) is 2.92. The first-order valence-electron chi connectivity index (χ1n) is 6.46. The fraction of sp³-hybridized carbons (Fsp3) is 0.500. The largest absolute Gasteiger partial charge is 0.481 e. The number of aldehydes is 1. The van der Waals surface area contributed by atoms with Gasteiger partial charge in [-0.1, -0.05) is 0 Å². The molecule has 7 N–H and O–H groups in total. The second-order valence-corrected chi connectivity index (χ2v) is 5.01. The van der Waals surface area contributed by atoms with E-state index in [4.69, 9.17) is 5.11 Å². The summed E-state index contributed by atoms with van der Waals surface area (Å²) in [6.45, 7) is 0. The van der Waals surface area contributed by atoms with Crippen molar-refractivity contribution in [3.05, 3.63) is 0 Å². The van der Waals surface area contributed by atoms with E-state index >= 15 is 0 Å². The standard InChI is InChI=1S/C12H12O13.2H2O/c13-2-1-11(20)4-7(16)22-25-10(19)12(21,3-6(14)15)5-8(17)23-24-9(11)18;;/h2,20-21H,1,3-5H2,(H,14,15);2*1H2. The topological polar surface area (TPSA) is 263 Å². The summed E-state index contributed by atoms with van der Waals surface area (Å²) in [5.74, 6) is -8.40. The average molecular weight is 400 g/mol. The molecule has 1 rings (SSSR count). The molecule has 0 aromatic rings. The van der Waals surface area contributed by atoms with Crippen LogP contribution in [0.1, 0.15) is 25.7 Å². The predicted molar refractivity (Wildman–Crippen MR) is 73.7 cm³/mol. The molecule has 0 saturated carbocycles. The second kappa shape index (κ2) is 10.1. The van der Waals surface area contributed by atoms with Crippen LogP contribution in [-0.2, 0) is 48.3 Å². The normalized spacial score (nSPS) is 26.3. The monoisotopic (exact) mass is 400 g/mol. The summed E-state index contributed by atoms with van der Waals surface area (Å²) in [5.41, 5.74) is -5.77. The Labute approximate surface area is 148 Å². The minimum Gasteiger partial charge on any atom is -0.481 e. The number of rotatable bonds is 4. The molecule has 0 aliphatic carbocycles. The van der Waals surface area contributed by atoms with Crippen LogP contribution in [-0.4, -0.2) is 73.6 Å². The molecule has 1 aliphatic heterocycles. The number of carboxylic acids is 1. The van der Waals surface area contributed by atoms with Gasteiger partial charge in [0, 0.05) is 6.42 Å². The summed E-state index contributed by atoms with van der Waals surface area (Å²) < 4.78 is 0. The van der Waals surface area contributed by atoms with Crippen LogP contribution >= 0.6 is 0 Å². The first-order valence-corrected chi connectivity index (χ1v) is 6.46. The van der Waals surface area contributed by atoms with Crippen LogP contribution in [0.2, 0.25) is 0 Å². The minimum absolute atomic E-state index is 0. The summed E-state index contributed by atoms with van der Waals surface area (Å²) >= 11 is 0. The average Bonchev–Trinajstić information content (AvgIpc) is 2.48. The molecule has 0 radical (unpaired) electrons. The molecule has 0 bridgehead atoms. The van der Waals surface area contributed by atoms with Gasteiger partial charge < -0.3 is 31.1 Å². The number of hydrogen-bond donors (Lipinski definition) is 3. The number of carbonyl (C=O) groups is 6. The Balaban J connectivity index is 0. The highest BCUT2D eigenvalue weighted by atomic mass is 17.2. The highest BCUT2D eigenvalue weighted by Gasteiger charge is 2.47. The molecule has 0 aromatic carbocycles. The molecular weight excluding hydrogens is 384 g/mol. The lowest BCUT2D eigenvalue weighted by Crippen LogP contribution is -2.47. The lowest BCUT2D eigenvalue weighted by Gasteiger charge is -2.24. The van der Waals surface area contributed by atoms with Crippen molar-refractivity contribution in [1.29, 1.82) is 0 Å². The van der Waals surface area contributed by atoms with E-state index in [1.54, 1.807) is 0 Å². The van der Waals surface area contributed by atoms with E-state index in [0.717, 1.165) is 0 Å². The van der Waals surface area contributed by atoms with Gasteiger partial charge in [-0.15, -0.1) is 0 Å². The molecular formula is C12H16O15. The summed E-state index contributed by atoms with van der Waals surface area (Å²) in [6, 6.07) is 0. The number of carboxylic acid groups (broad SMARTS) is 1. The van der Waals surface area contributed by atoms with Gasteiger partial charge in [-0.25, -0.2) is 38.7 Å². The molecule has 1 heterocycles. The molecule has 15 heteroatoms. The van der Waals surface area contributed by atoms with Crippen molar-refractivity contribution in [3.63, 3.8) is 0 Å². The summed E-state index contributed by atoms with van der Waals surface area (Å²) in [6.07, 6.45) is -4.82. The maximum Gasteiger partial charge on any atom is 0.387 e. The predicted octanol–water partition coefficient (Wildman–Crippen LogP) is -4.34. The Kier molecular flexibility index (Phi) is 9.78. The molecule has 2 unspecified atom stereocenters. The van der Waals surface area contributed by atoms with Gasteiger partial charge in [0.05, 0.1) is 19.3 Å². The third kappa shape index (κ3) is 6.94. The van der Waals surface area contributed by atoms with Crippen molar-refractivity contribution in [2.75, 3.05) is 0 Å². The van der Waals surface area contributed by atoms with Crippen molar-refractivity contribution in [2.24, 2.45) is 0 Å². The van der Waals surface area contributed by atoms with E-state index in [-0.39, 0.29) is 17.2 Å². The Bertz CT molecular complexity index is 612. The lowest BCUT2D eigenvalue weighted by atomic mass is 9.96. The van der Waals surface area contributed by atoms with Gasteiger partial charge in [-0.2, -0.15) is 0 Å². The molecule has 1 fully saturated rings. The molecule has 0 spiro atoms.